The van der Waals surface area contributed by atoms with Gasteiger partial charge in [-0.2, -0.15) is 0 Å². The standard InChI is InChI=1S/C20H36O7/c1-3-5-6-7-8-20(21)27-19-18-26-17-16-25-15-14-24-13-12-23-11-10-22-9-4-2/h2H,3,5-19H2,1H3. The molecule has 0 fully saturated rings. The molecule has 0 amide bonds. The zero-order valence-corrected chi connectivity index (χ0v) is 16.7. The predicted molar refractivity (Wildman–Crippen MR) is 103 cm³/mol. The van der Waals surface area contributed by atoms with Crippen molar-refractivity contribution in [1.82, 2.24) is 0 Å². The van der Waals surface area contributed by atoms with Gasteiger partial charge in [0.05, 0.1) is 59.5 Å². The number of esters is 1. The van der Waals surface area contributed by atoms with Gasteiger partial charge >= 0.3 is 5.97 Å². The minimum Gasteiger partial charge on any atom is -0.463 e. The van der Waals surface area contributed by atoms with Gasteiger partial charge in [-0.25, -0.2) is 0 Å². The van der Waals surface area contributed by atoms with Gasteiger partial charge in [-0.3, -0.25) is 4.79 Å². The highest BCUT2D eigenvalue weighted by Crippen LogP contribution is 2.03. The lowest BCUT2D eigenvalue weighted by molar-refractivity contribution is -0.145. The van der Waals surface area contributed by atoms with Crippen LogP contribution in [0.1, 0.15) is 39.0 Å². The van der Waals surface area contributed by atoms with Gasteiger partial charge in [-0.1, -0.05) is 32.1 Å². The molecule has 0 aliphatic rings. The van der Waals surface area contributed by atoms with E-state index >= 15 is 0 Å². The Balaban J connectivity index is 3.08. The topological polar surface area (TPSA) is 72.5 Å². The van der Waals surface area contributed by atoms with Crippen LogP contribution in [0, 0.1) is 12.3 Å². The van der Waals surface area contributed by atoms with Crippen molar-refractivity contribution < 1.29 is 33.2 Å². The number of hydrogen-bond donors (Lipinski definition) is 0. The van der Waals surface area contributed by atoms with E-state index in [-0.39, 0.29) is 5.97 Å². The molecule has 0 aromatic carbocycles. The van der Waals surface area contributed by atoms with Crippen molar-refractivity contribution >= 4 is 5.97 Å². The third-order valence-electron chi connectivity index (χ3n) is 3.40. The van der Waals surface area contributed by atoms with Gasteiger partial charge in [0, 0.05) is 6.42 Å². The Morgan fingerprint density at radius 3 is 1.67 bits per heavy atom. The van der Waals surface area contributed by atoms with Crippen molar-refractivity contribution in [3.8, 4) is 12.3 Å². The first-order chi connectivity index (χ1) is 13.3. The molecular formula is C20H36O7. The summed E-state index contributed by atoms with van der Waals surface area (Å²) in [5.41, 5.74) is 0. The number of hydrogen-bond acceptors (Lipinski definition) is 7. The van der Waals surface area contributed by atoms with Crippen molar-refractivity contribution in [2.24, 2.45) is 0 Å². The average Bonchev–Trinajstić information content (AvgIpc) is 2.67. The molecule has 7 heteroatoms. The zero-order valence-electron chi connectivity index (χ0n) is 16.7. The Morgan fingerprint density at radius 2 is 1.19 bits per heavy atom. The summed E-state index contributed by atoms with van der Waals surface area (Å²) in [6.45, 7) is 7.12. The Bertz CT molecular complexity index is 355. The monoisotopic (exact) mass is 388 g/mol. The van der Waals surface area contributed by atoms with E-state index in [1.807, 2.05) is 0 Å². The fourth-order valence-corrected chi connectivity index (χ4v) is 1.99. The van der Waals surface area contributed by atoms with Gasteiger partial charge in [-0.15, -0.1) is 6.42 Å². The van der Waals surface area contributed by atoms with Crippen LogP contribution in [0.15, 0.2) is 0 Å². The minimum absolute atomic E-state index is 0.146. The smallest absolute Gasteiger partial charge is 0.305 e. The summed E-state index contributed by atoms with van der Waals surface area (Å²) in [4.78, 5) is 11.4. The van der Waals surface area contributed by atoms with Crippen molar-refractivity contribution in [3.05, 3.63) is 0 Å². The molecule has 0 spiro atoms. The molecule has 7 nitrogen and oxygen atoms in total. The van der Waals surface area contributed by atoms with Crippen molar-refractivity contribution in [2.45, 2.75) is 39.0 Å². The first kappa shape index (κ1) is 25.8. The van der Waals surface area contributed by atoms with Gasteiger partial charge in [0.2, 0.25) is 0 Å². The normalized spacial score (nSPS) is 10.7. The van der Waals surface area contributed by atoms with Crippen LogP contribution in [0.4, 0.5) is 0 Å². The lowest BCUT2D eigenvalue weighted by Crippen LogP contribution is -2.15. The van der Waals surface area contributed by atoms with E-state index in [1.165, 1.54) is 6.42 Å². The summed E-state index contributed by atoms with van der Waals surface area (Å²) in [6.07, 6.45) is 9.85. The minimum atomic E-state index is -0.146. The molecule has 0 N–H and O–H groups in total. The van der Waals surface area contributed by atoms with Gasteiger partial charge in [0.15, 0.2) is 0 Å². The quantitative estimate of drug-likeness (QED) is 0.170. The number of unbranched alkanes of at least 4 members (excludes halogenated alkanes) is 3. The molecule has 0 radical (unpaired) electrons. The van der Waals surface area contributed by atoms with Gasteiger partial charge in [0.25, 0.3) is 0 Å². The number of rotatable bonds is 21. The second-order valence-electron chi connectivity index (χ2n) is 5.74. The summed E-state index contributed by atoms with van der Waals surface area (Å²) in [5, 5.41) is 0. The Hall–Kier alpha value is -1.17. The second-order valence-corrected chi connectivity index (χ2v) is 5.74. The Labute approximate surface area is 164 Å². The van der Waals surface area contributed by atoms with Crippen molar-refractivity contribution in [1.29, 1.82) is 0 Å². The summed E-state index contributed by atoms with van der Waals surface area (Å²) in [6, 6.07) is 0. The maximum Gasteiger partial charge on any atom is 0.305 e. The van der Waals surface area contributed by atoms with Crippen LogP contribution in [0.5, 0.6) is 0 Å². The van der Waals surface area contributed by atoms with Crippen molar-refractivity contribution in [2.75, 3.05) is 72.7 Å². The second kappa shape index (κ2) is 22.9. The average molecular weight is 389 g/mol. The number of terminal acetylenes is 1. The van der Waals surface area contributed by atoms with Crippen LogP contribution >= 0.6 is 0 Å². The molecule has 0 aliphatic heterocycles. The van der Waals surface area contributed by atoms with Crippen LogP contribution in [-0.4, -0.2) is 78.6 Å². The molecule has 0 atom stereocenters. The van der Waals surface area contributed by atoms with Gasteiger partial charge in [0.1, 0.15) is 13.2 Å². The maximum atomic E-state index is 11.4. The molecule has 0 aromatic rings. The number of carbonyl (C=O) groups is 1. The van der Waals surface area contributed by atoms with Crippen LogP contribution in [0.2, 0.25) is 0 Å². The SMILES string of the molecule is C#CCOCCOCCOCCOCCOCCOC(=O)CCCCCC. The van der Waals surface area contributed by atoms with E-state index in [0.717, 1.165) is 19.3 Å². The van der Waals surface area contributed by atoms with E-state index in [1.54, 1.807) is 0 Å². The highest BCUT2D eigenvalue weighted by Gasteiger charge is 2.02. The third-order valence-corrected chi connectivity index (χ3v) is 3.40. The molecular weight excluding hydrogens is 352 g/mol. The van der Waals surface area contributed by atoms with E-state index < -0.39 is 0 Å². The third kappa shape index (κ3) is 22.8. The van der Waals surface area contributed by atoms with E-state index in [0.29, 0.717) is 79.1 Å². The fourth-order valence-electron chi connectivity index (χ4n) is 1.99. The molecule has 0 bridgehead atoms. The number of carbonyl (C=O) groups excluding carboxylic acids is 1. The molecule has 158 valence electrons. The molecule has 0 aliphatic carbocycles. The molecule has 0 aromatic heterocycles. The highest BCUT2D eigenvalue weighted by molar-refractivity contribution is 5.69. The van der Waals surface area contributed by atoms with E-state index in [2.05, 4.69) is 12.8 Å². The zero-order chi connectivity index (χ0) is 19.8. The van der Waals surface area contributed by atoms with Gasteiger partial charge in [-0.05, 0) is 6.42 Å². The number of ether oxygens (including phenoxy) is 6. The van der Waals surface area contributed by atoms with Crippen LogP contribution in [-0.2, 0) is 33.2 Å². The molecule has 0 saturated carbocycles. The summed E-state index contributed by atoms with van der Waals surface area (Å²) in [5.74, 6) is 2.24. The fraction of sp³-hybridized carbons (Fsp3) is 0.850. The largest absolute Gasteiger partial charge is 0.463 e. The highest BCUT2D eigenvalue weighted by atomic mass is 16.6. The molecule has 0 saturated heterocycles. The molecule has 0 unspecified atom stereocenters. The lowest BCUT2D eigenvalue weighted by atomic mass is 10.2. The Kier molecular flexibility index (Phi) is 21.9. The van der Waals surface area contributed by atoms with E-state index in [4.69, 9.17) is 34.8 Å². The lowest BCUT2D eigenvalue weighted by Gasteiger charge is -2.08. The predicted octanol–water partition coefficient (Wildman–Crippen LogP) is 2.22. The summed E-state index contributed by atoms with van der Waals surface area (Å²) >= 11 is 0. The van der Waals surface area contributed by atoms with Crippen molar-refractivity contribution in [3.63, 3.8) is 0 Å². The molecule has 27 heavy (non-hydrogen) atoms. The van der Waals surface area contributed by atoms with Crippen LogP contribution in [0.25, 0.3) is 0 Å². The molecule has 0 heterocycles. The Morgan fingerprint density at radius 1 is 0.704 bits per heavy atom. The maximum absolute atomic E-state index is 11.4. The van der Waals surface area contributed by atoms with Crippen LogP contribution in [0.3, 0.4) is 0 Å². The molecule has 0 rings (SSSR count). The first-order valence-corrected chi connectivity index (χ1v) is 9.79. The van der Waals surface area contributed by atoms with Gasteiger partial charge < -0.3 is 28.4 Å². The van der Waals surface area contributed by atoms with Crippen LogP contribution < -0.4 is 0 Å². The first-order valence-electron chi connectivity index (χ1n) is 9.79. The summed E-state index contributed by atoms with van der Waals surface area (Å²) < 4.78 is 31.5. The summed E-state index contributed by atoms with van der Waals surface area (Å²) in [7, 11) is 0. The van der Waals surface area contributed by atoms with E-state index in [9.17, 15) is 4.79 Å².